The van der Waals surface area contributed by atoms with Gasteiger partial charge in [0.2, 0.25) is 6.79 Å². The van der Waals surface area contributed by atoms with E-state index in [0.29, 0.717) is 29.4 Å². The van der Waals surface area contributed by atoms with Crippen molar-refractivity contribution in [1.82, 2.24) is 9.78 Å². The molecule has 3 rings (SSSR count). The summed E-state index contributed by atoms with van der Waals surface area (Å²) in [7, 11) is -3.68. The molecule has 8 heteroatoms. The van der Waals surface area contributed by atoms with Gasteiger partial charge in [0.1, 0.15) is 4.90 Å². The average molecular weight is 309 g/mol. The number of hydrogen-bond donors (Lipinski definition) is 1. The molecule has 0 saturated heterocycles. The van der Waals surface area contributed by atoms with Crippen molar-refractivity contribution < 1.29 is 17.9 Å². The Morgan fingerprint density at radius 2 is 2.10 bits per heavy atom. The minimum atomic E-state index is -3.68. The lowest BCUT2D eigenvalue weighted by Crippen LogP contribution is -2.13. The number of sulfonamides is 1. The van der Waals surface area contributed by atoms with Crippen molar-refractivity contribution in [2.24, 2.45) is 0 Å². The standard InChI is InChI=1S/C13H15N3O4S/c1-3-16-7-13(9(2)14-16)21(17,18)15-10-4-5-11-12(6-10)20-8-19-11/h4-7,15H,3,8H2,1-2H3. The highest BCUT2D eigenvalue weighted by Gasteiger charge is 2.21. The third-order valence-electron chi connectivity index (χ3n) is 3.14. The van der Waals surface area contributed by atoms with Crippen molar-refractivity contribution in [3.8, 4) is 11.5 Å². The van der Waals surface area contributed by atoms with E-state index in [9.17, 15) is 8.42 Å². The Morgan fingerprint density at radius 1 is 1.33 bits per heavy atom. The maximum atomic E-state index is 12.4. The first-order valence-corrected chi connectivity index (χ1v) is 7.94. The Hall–Kier alpha value is -2.22. The van der Waals surface area contributed by atoms with Gasteiger partial charge in [-0.3, -0.25) is 9.40 Å². The topological polar surface area (TPSA) is 82.5 Å². The molecule has 0 saturated carbocycles. The molecule has 2 aromatic rings. The Balaban J connectivity index is 1.90. The SMILES string of the molecule is CCn1cc(S(=O)(=O)Nc2ccc3c(c2)OCO3)c(C)n1. The Kier molecular flexibility index (Phi) is 3.25. The maximum absolute atomic E-state index is 12.4. The fourth-order valence-electron chi connectivity index (χ4n) is 2.10. The highest BCUT2D eigenvalue weighted by molar-refractivity contribution is 7.92. The molecule has 7 nitrogen and oxygen atoms in total. The minimum absolute atomic E-state index is 0.147. The average Bonchev–Trinajstić information content (AvgIpc) is 3.04. The van der Waals surface area contributed by atoms with Crippen LogP contribution in [0.25, 0.3) is 0 Å². The molecule has 1 aromatic carbocycles. The summed E-state index contributed by atoms with van der Waals surface area (Å²) in [6.07, 6.45) is 1.52. The second kappa shape index (κ2) is 4.96. The predicted octanol–water partition coefficient (Wildman–Crippen LogP) is 1.74. The van der Waals surface area contributed by atoms with E-state index in [1.54, 1.807) is 29.8 Å². The Bertz CT molecular complexity index is 783. The van der Waals surface area contributed by atoms with Crippen LogP contribution in [-0.2, 0) is 16.6 Å². The summed E-state index contributed by atoms with van der Waals surface area (Å²) in [6.45, 7) is 4.32. The van der Waals surface area contributed by atoms with Crippen LogP contribution in [0.4, 0.5) is 5.69 Å². The number of aromatic nitrogens is 2. The molecule has 0 fully saturated rings. The van der Waals surface area contributed by atoms with Gasteiger partial charge in [-0.2, -0.15) is 5.10 Å². The van der Waals surface area contributed by atoms with Crippen LogP contribution in [0.15, 0.2) is 29.3 Å². The van der Waals surface area contributed by atoms with Crippen molar-refractivity contribution in [3.63, 3.8) is 0 Å². The molecular formula is C13H15N3O4S. The van der Waals surface area contributed by atoms with Crippen LogP contribution < -0.4 is 14.2 Å². The zero-order valence-electron chi connectivity index (χ0n) is 11.7. The second-order valence-electron chi connectivity index (χ2n) is 4.61. The molecular weight excluding hydrogens is 294 g/mol. The smallest absolute Gasteiger partial charge is 0.265 e. The van der Waals surface area contributed by atoms with E-state index >= 15 is 0 Å². The number of nitrogens with one attached hydrogen (secondary N) is 1. The van der Waals surface area contributed by atoms with Gasteiger partial charge in [0.05, 0.1) is 11.4 Å². The third-order valence-corrected chi connectivity index (χ3v) is 4.62. The van der Waals surface area contributed by atoms with E-state index in [1.165, 1.54) is 6.20 Å². The maximum Gasteiger partial charge on any atom is 0.265 e. The molecule has 1 aliphatic heterocycles. The normalized spacial score (nSPS) is 13.4. The summed E-state index contributed by atoms with van der Waals surface area (Å²) in [5, 5.41) is 4.15. The van der Waals surface area contributed by atoms with E-state index in [2.05, 4.69) is 9.82 Å². The molecule has 0 amide bonds. The molecule has 0 unspecified atom stereocenters. The lowest BCUT2D eigenvalue weighted by atomic mass is 10.3. The number of aryl methyl sites for hydroxylation is 2. The van der Waals surface area contributed by atoms with E-state index in [4.69, 9.17) is 9.47 Å². The summed E-state index contributed by atoms with van der Waals surface area (Å²) >= 11 is 0. The van der Waals surface area contributed by atoms with Crippen molar-refractivity contribution in [1.29, 1.82) is 0 Å². The number of hydrogen-bond acceptors (Lipinski definition) is 5. The van der Waals surface area contributed by atoms with Crippen LogP contribution in [0.1, 0.15) is 12.6 Å². The molecule has 112 valence electrons. The zero-order chi connectivity index (χ0) is 15.0. The number of ether oxygens (including phenoxy) is 2. The summed E-state index contributed by atoms with van der Waals surface area (Å²) in [6, 6.07) is 4.90. The molecule has 0 spiro atoms. The van der Waals surface area contributed by atoms with Crippen LogP contribution in [0.3, 0.4) is 0 Å². The van der Waals surface area contributed by atoms with Crippen molar-refractivity contribution in [2.45, 2.75) is 25.3 Å². The number of fused-ring (bicyclic) bond motifs is 1. The minimum Gasteiger partial charge on any atom is -0.454 e. The highest BCUT2D eigenvalue weighted by Crippen LogP contribution is 2.34. The first kappa shape index (κ1) is 13.7. The number of anilines is 1. The van der Waals surface area contributed by atoms with E-state index in [-0.39, 0.29) is 11.7 Å². The molecule has 1 aromatic heterocycles. The first-order valence-electron chi connectivity index (χ1n) is 6.46. The molecule has 0 bridgehead atoms. The monoisotopic (exact) mass is 309 g/mol. The van der Waals surface area contributed by atoms with Gasteiger partial charge in [-0.1, -0.05) is 0 Å². The molecule has 0 atom stereocenters. The van der Waals surface area contributed by atoms with Gasteiger partial charge in [-0.25, -0.2) is 8.42 Å². The lowest BCUT2D eigenvalue weighted by Gasteiger charge is -2.07. The largest absolute Gasteiger partial charge is 0.454 e. The molecule has 21 heavy (non-hydrogen) atoms. The number of rotatable bonds is 4. The van der Waals surface area contributed by atoms with Crippen LogP contribution in [-0.4, -0.2) is 25.0 Å². The summed E-state index contributed by atoms with van der Waals surface area (Å²) in [4.78, 5) is 0.169. The predicted molar refractivity (Wildman–Crippen MR) is 76.0 cm³/mol. The van der Waals surface area contributed by atoms with Gasteiger partial charge < -0.3 is 9.47 Å². The Morgan fingerprint density at radius 3 is 2.81 bits per heavy atom. The van der Waals surface area contributed by atoms with E-state index in [0.717, 1.165) is 0 Å². The first-order chi connectivity index (χ1) is 9.99. The van der Waals surface area contributed by atoms with E-state index in [1.807, 2.05) is 6.92 Å². The number of nitrogens with zero attached hydrogens (tertiary/aromatic N) is 2. The molecule has 1 aliphatic rings. The third kappa shape index (κ3) is 2.54. The fraction of sp³-hybridized carbons (Fsp3) is 0.308. The van der Waals surface area contributed by atoms with Crippen LogP contribution in [0, 0.1) is 6.92 Å². The van der Waals surface area contributed by atoms with Crippen molar-refractivity contribution in [3.05, 3.63) is 30.1 Å². The molecule has 0 aliphatic carbocycles. The van der Waals surface area contributed by atoms with Gasteiger partial charge in [-0.15, -0.1) is 0 Å². The fourth-order valence-corrected chi connectivity index (χ4v) is 3.33. The summed E-state index contributed by atoms with van der Waals surface area (Å²) in [5.41, 5.74) is 0.882. The van der Waals surface area contributed by atoms with Crippen LogP contribution in [0.5, 0.6) is 11.5 Å². The van der Waals surface area contributed by atoms with Crippen molar-refractivity contribution >= 4 is 15.7 Å². The second-order valence-corrected chi connectivity index (χ2v) is 6.26. The van der Waals surface area contributed by atoms with Crippen LogP contribution >= 0.6 is 0 Å². The quantitative estimate of drug-likeness (QED) is 0.930. The molecule has 0 radical (unpaired) electrons. The lowest BCUT2D eigenvalue weighted by molar-refractivity contribution is 0.174. The highest BCUT2D eigenvalue weighted by atomic mass is 32.2. The molecule has 2 heterocycles. The van der Waals surface area contributed by atoms with Gasteiger partial charge in [0.25, 0.3) is 10.0 Å². The zero-order valence-corrected chi connectivity index (χ0v) is 12.5. The van der Waals surface area contributed by atoms with E-state index < -0.39 is 10.0 Å². The van der Waals surface area contributed by atoms with Gasteiger partial charge >= 0.3 is 0 Å². The van der Waals surface area contributed by atoms with Gasteiger partial charge in [-0.05, 0) is 26.0 Å². The summed E-state index contributed by atoms with van der Waals surface area (Å²) in [5.74, 6) is 1.13. The summed E-state index contributed by atoms with van der Waals surface area (Å²) < 4.78 is 39.4. The van der Waals surface area contributed by atoms with Gasteiger partial charge in [0.15, 0.2) is 11.5 Å². The Labute approximate surface area is 122 Å². The van der Waals surface area contributed by atoms with Gasteiger partial charge in [0, 0.05) is 18.8 Å². The van der Waals surface area contributed by atoms with Crippen LogP contribution in [0.2, 0.25) is 0 Å². The molecule has 1 N–H and O–H groups in total. The van der Waals surface area contributed by atoms with Crippen molar-refractivity contribution in [2.75, 3.05) is 11.5 Å². The number of benzene rings is 1.